The van der Waals surface area contributed by atoms with E-state index in [4.69, 9.17) is 11.6 Å². The van der Waals surface area contributed by atoms with Crippen LogP contribution in [0.25, 0.3) is 0 Å². The molecule has 3 rings (SSSR count). The average Bonchev–Trinajstić information content (AvgIpc) is 2.70. The van der Waals surface area contributed by atoms with Gasteiger partial charge in [-0.15, -0.1) is 11.6 Å². The summed E-state index contributed by atoms with van der Waals surface area (Å²) in [6.45, 7) is 3.93. The highest BCUT2D eigenvalue weighted by Crippen LogP contribution is 2.33. The summed E-state index contributed by atoms with van der Waals surface area (Å²) in [5.41, 5.74) is 3.09. The highest BCUT2D eigenvalue weighted by atomic mass is 35.5. The molecule has 2 atom stereocenters. The van der Waals surface area contributed by atoms with Crippen molar-refractivity contribution in [2.45, 2.75) is 48.1 Å². The lowest BCUT2D eigenvalue weighted by Gasteiger charge is -2.23. The Hall–Kier alpha value is -2.48. The van der Waals surface area contributed by atoms with Gasteiger partial charge >= 0.3 is 0 Å². The van der Waals surface area contributed by atoms with Crippen molar-refractivity contribution in [3.63, 3.8) is 0 Å². The first kappa shape index (κ1) is 22.2. The Bertz CT molecular complexity index is 1000. The fourth-order valence-corrected chi connectivity index (χ4v) is 4.32. The summed E-state index contributed by atoms with van der Waals surface area (Å²) in [5.74, 6) is -0.0248. The van der Waals surface area contributed by atoms with Gasteiger partial charge in [0, 0.05) is 46.2 Å². The van der Waals surface area contributed by atoms with Gasteiger partial charge in [0.05, 0.1) is 16.4 Å². The molecule has 0 fully saturated rings. The first-order valence-electron chi connectivity index (χ1n) is 9.46. The predicted octanol–water partition coefficient (Wildman–Crippen LogP) is 5.23. The summed E-state index contributed by atoms with van der Waals surface area (Å²) in [6, 6.07) is 12.9. The molecule has 6 nitrogen and oxygen atoms in total. The number of aliphatic hydroxyl groups is 2. The standard InChI is InChI=1S/C22H23ClN2O4S/c1-13-3-6-18(7-4-13)30-21-8-5-17(25(28)29)9-15(21)12-24-16-10-19(14(2)26)22(27)20(23)11-16/h3-10,14,20,24,26-27H,11-12H2,1-2H3. The van der Waals surface area contributed by atoms with Crippen molar-refractivity contribution in [1.29, 1.82) is 0 Å². The fraction of sp³-hybridized carbons (Fsp3) is 0.273. The lowest BCUT2D eigenvalue weighted by atomic mass is 9.98. The van der Waals surface area contributed by atoms with Gasteiger partial charge in [0.2, 0.25) is 0 Å². The van der Waals surface area contributed by atoms with Crippen LogP contribution in [0.3, 0.4) is 0 Å². The Kier molecular flexibility index (Phi) is 7.07. The van der Waals surface area contributed by atoms with Gasteiger partial charge in [-0.1, -0.05) is 29.5 Å². The molecule has 3 N–H and O–H groups in total. The molecule has 0 heterocycles. The molecule has 0 bridgehead atoms. The summed E-state index contributed by atoms with van der Waals surface area (Å²) >= 11 is 7.75. The van der Waals surface area contributed by atoms with E-state index in [-0.39, 0.29) is 11.4 Å². The molecule has 0 aliphatic heterocycles. The largest absolute Gasteiger partial charge is 0.510 e. The summed E-state index contributed by atoms with van der Waals surface area (Å²) in [6.07, 6.45) is 1.20. The number of nitrogens with zero attached hydrogens (tertiary/aromatic N) is 1. The lowest BCUT2D eigenvalue weighted by Crippen LogP contribution is -2.24. The summed E-state index contributed by atoms with van der Waals surface area (Å²) < 4.78 is 0. The smallest absolute Gasteiger partial charge is 0.269 e. The molecule has 0 saturated carbocycles. The predicted molar refractivity (Wildman–Crippen MR) is 119 cm³/mol. The van der Waals surface area contributed by atoms with Crippen LogP contribution in [-0.4, -0.2) is 26.6 Å². The van der Waals surface area contributed by atoms with Crippen LogP contribution >= 0.6 is 23.4 Å². The van der Waals surface area contributed by atoms with Gasteiger partial charge in [0.1, 0.15) is 5.76 Å². The minimum absolute atomic E-state index is 0.0232. The Labute approximate surface area is 184 Å². The van der Waals surface area contributed by atoms with Crippen LogP contribution in [0.1, 0.15) is 24.5 Å². The van der Waals surface area contributed by atoms with Gasteiger partial charge < -0.3 is 15.5 Å². The second kappa shape index (κ2) is 9.55. The summed E-state index contributed by atoms with van der Waals surface area (Å²) in [4.78, 5) is 12.8. The molecule has 2 unspecified atom stereocenters. The number of hydrogen-bond donors (Lipinski definition) is 3. The first-order chi connectivity index (χ1) is 14.2. The SMILES string of the molecule is Cc1ccc(Sc2ccc([N+](=O)[O-])cc2CNC2=CC(C(C)O)=C(O)C(Cl)C2)cc1. The number of hydrogen-bond acceptors (Lipinski definition) is 6. The molecule has 0 amide bonds. The second-order valence-corrected chi connectivity index (χ2v) is 8.82. The van der Waals surface area contributed by atoms with Crippen molar-refractivity contribution in [1.82, 2.24) is 5.32 Å². The monoisotopic (exact) mass is 446 g/mol. The van der Waals surface area contributed by atoms with E-state index in [0.29, 0.717) is 18.5 Å². The van der Waals surface area contributed by atoms with Crippen LogP contribution in [0.2, 0.25) is 0 Å². The number of nitro benzene ring substituents is 1. The molecule has 0 saturated heterocycles. The van der Waals surface area contributed by atoms with Gasteiger partial charge in [-0.2, -0.15) is 0 Å². The average molecular weight is 447 g/mol. The topological polar surface area (TPSA) is 95.6 Å². The quantitative estimate of drug-likeness (QED) is 0.306. The lowest BCUT2D eigenvalue weighted by molar-refractivity contribution is -0.385. The number of rotatable bonds is 7. The molecule has 0 radical (unpaired) electrons. The van der Waals surface area contributed by atoms with Crippen LogP contribution in [0, 0.1) is 17.0 Å². The van der Waals surface area contributed by atoms with E-state index in [1.54, 1.807) is 25.1 Å². The maximum absolute atomic E-state index is 11.3. The maximum Gasteiger partial charge on any atom is 0.269 e. The van der Waals surface area contributed by atoms with E-state index >= 15 is 0 Å². The van der Waals surface area contributed by atoms with E-state index in [9.17, 15) is 20.3 Å². The van der Waals surface area contributed by atoms with Crippen LogP contribution in [0.5, 0.6) is 0 Å². The van der Waals surface area contributed by atoms with E-state index < -0.39 is 16.4 Å². The molecule has 158 valence electrons. The number of aryl methyl sites for hydroxylation is 1. The number of nitro groups is 1. The van der Waals surface area contributed by atoms with E-state index in [1.807, 2.05) is 31.2 Å². The molecule has 0 aromatic heterocycles. The zero-order valence-electron chi connectivity index (χ0n) is 16.6. The van der Waals surface area contributed by atoms with Crippen LogP contribution in [0.15, 0.2) is 75.4 Å². The third-order valence-corrected chi connectivity index (χ3v) is 6.27. The summed E-state index contributed by atoms with van der Waals surface area (Å²) in [5, 5.41) is 33.8. The van der Waals surface area contributed by atoms with Crippen molar-refractivity contribution >= 4 is 29.1 Å². The van der Waals surface area contributed by atoms with Crippen molar-refractivity contribution in [2.75, 3.05) is 0 Å². The Balaban J connectivity index is 1.85. The van der Waals surface area contributed by atoms with Gasteiger partial charge in [0.15, 0.2) is 0 Å². The van der Waals surface area contributed by atoms with E-state index in [1.165, 1.54) is 17.8 Å². The third kappa shape index (κ3) is 5.36. The first-order valence-corrected chi connectivity index (χ1v) is 10.7. The van der Waals surface area contributed by atoms with E-state index in [2.05, 4.69) is 5.32 Å². The number of allylic oxidation sites excluding steroid dienone is 2. The van der Waals surface area contributed by atoms with Crippen LogP contribution in [-0.2, 0) is 6.54 Å². The molecule has 30 heavy (non-hydrogen) atoms. The summed E-state index contributed by atoms with van der Waals surface area (Å²) in [7, 11) is 0. The number of nitrogens with one attached hydrogen (secondary N) is 1. The van der Waals surface area contributed by atoms with Crippen molar-refractivity contribution < 1.29 is 15.1 Å². The third-order valence-electron chi connectivity index (χ3n) is 4.78. The van der Waals surface area contributed by atoms with Gasteiger partial charge in [-0.3, -0.25) is 10.1 Å². The minimum Gasteiger partial charge on any atom is -0.510 e. The highest BCUT2D eigenvalue weighted by Gasteiger charge is 2.24. The van der Waals surface area contributed by atoms with Crippen LogP contribution in [0.4, 0.5) is 5.69 Å². The zero-order chi connectivity index (χ0) is 21.8. The molecule has 8 heteroatoms. The molecular formula is C22H23ClN2O4S. The normalized spacial score (nSPS) is 17.5. The number of benzene rings is 2. The van der Waals surface area contributed by atoms with Crippen molar-refractivity contribution in [3.8, 4) is 0 Å². The molecular weight excluding hydrogens is 424 g/mol. The van der Waals surface area contributed by atoms with Gasteiger partial charge in [-0.25, -0.2) is 0 Å². The zero-order valence-corrected chi connectivity index (χ0v) is 18.2. The van der Waals surface area contributed by atoms with E-state index in [0.717, 1.165) is 26.6 Å². The number of halogens is 1. The molecule has 2 aromatic rings. The Morgan fingerprint density at radius 1 is 1.30 bits per heavy atom. The maximum atomic E-state index is 11.3. The van der Waals surface area contributed by atoms with Crippen molar-refractivity contribution in [3.05, 3.63) is 86.8 Å². The molecule has 2 aromatic carbocycles. The van der Waals surface area contributed by atoms with Gasteiger partial charge in [-0.05, 0) is 43.7 Å². The Morgan fingerprint density at radius 3 is 2.63 bits per heavy atom. The molecule has 1 aliphatic carbocycles. The highest BCUT2D eigenvalue weighted by molar-refractivity contribution is 7.99. The minimum atomic E-state index is -0.853. The number of alkyl halides is 1. The second-order valence-electron chi connectivity index (χ2n) is 7.18. The molecule has 1 aliphatic rings. The number of non-ortho nitro benzene ring substituents is 1. The fourth-order valence-electron chi connectivity index (χ4n) is 3.11. The molecule has 0 spiro atoms. The number of aliphatic hydroxyl groups excluding tert-OH is 2. The van der Waals surface area contributed by atoms with Crippen LogP contribution < -0.4 is 5.32 Å². The van der Waals surface area contributed by atoms with Crippen molar-refractivity contribution in [2.24, 2.45) is 0 Å². The van der Waals surface area contributed by atoms with Gasteiger partial charge in [0.25, 0.3) is 5.69 Å². The Morgan fingerprint density at radius 2 is 2.00 bits per heavy atom.